The van der Waals surface area contributed by atoms with Gasteiger partial charge >= 0.3 is 0 Å². The number of nitrogens with zero attached hydrogens (tertiary/aromatic N) is 2. The molecule has 0 radical (unpaired) electrons. The smallest absolute Gasteiger partial charge is 0.261 e. The topological polar surface area (TPSA) is 45.8 Å². The Morgan fingerprint density at radius 2 is 1.68 bits per heavy atom. The van der Waals surface area contributed by atoms with Crippen molar-refractivity contribution in [1.29, 1.82) is 0 Å². The molecular formula is C21H16N2O2. The van der Waals surface area contributed by atoms with E-state index in [1.54, 1.807) is 36.4 Å². The summed E-state index contributed by atoms with van der Waals surface area (Å²) in [5, 5.41) is 0. The average molecular weight is 328 g/mol. The lowest BCUT2D eigenvalue weighted by atomic mass is 10.0. The molecule has 25 heavy (non-hydrogen) atoms. The molecule has 0 spiro atoms. The van der Waals surface area contributed by atoms with Crippen LogP contribution in [0.1, 0.15) is 11.3 Å². The highest BCUT2D eigenvalue weighted by Crippen LogP contribution is 2.33. The van der Waals surface area contributed by atoms with Crippen LogP contribution in [-0.4, -0.2) is 18.7 Å². The molecule has 0 saturated heterocycles. The van der Waals surface area contributed by atoms with Crippen molar-refractivity contribution in [3.63, 3.8) is 0 Å². The summed E-state index contributed by atoms with van der Waals surface area (Å²) in [5.41, 5.74) is 3.66. The Morgan fingerprint density at radius 3 is 2.44 bits per heavy atom. The van der Waals surface area contributed by atoms with E-state index in [-0.39, 0.29) is 5.91 Å². The quantitative estimate of drug-likeness (QED) is 0.697. The lowest BCUT2D eigenvalue weighted by Crippen LogP contribution is -2.28. The van der Waals surface area contributed by atoms with E-state index in [0.29, 0.717) is 11.3 Å². The SMILES string of the molecule is CN1C(=O)/C(c2ccco2)=C\C(c2ccccc2)=Nc2ccccc21. The van der Waals surface area contributed by atoms with Gasteiger partial charge in [0.15, 0.2) is 0 Å². The van der Waals surface area contributed by atoms with Crippen molar-refractivity contribution in [3.8, 4) is 0 Å². The number of aliphatic imine (C=N–C) groups is 1. The highest BCUT2D eigenvalue weighted by molar-refractivity contribution is 6.32. The highest BCUT2D eigenvalue weighted by atomic mass is 16.3. The molecule has 122 valence electrons. The van der Waals surface area contributed by atoms with Gasteiger partial charge in [-0.05, 0) is 30.3 Å². The minimum Gasteiger partial charge on any atom is -0.464 e. The molecule has 4 heteroatoms. The molecule has 2 heterocycles. The predicted octanol–water partition coefficient (Wildman–Crippen LogP) is 4.46. The zero-order valence-electron chi connectivity index (χ0n) is 13.7. The molecule has 1 aliphatic heterocycles. The van der Waals surface area contributed by atoms with Crippen LogP contribution in [0.15, 0.2) is 88.5 Å². The van der Waals surface area contributed by atoms with Crippen molar-refractivity contribution in [1.82, 2.24) is 0 Å². The molecule has 1 aromatic heterocycles. The van der Waals surface area contributed by atoms with Crippen molar-refractivity contribution in [2.24, 2.45) is 4.99 Å². The number of likely N-dealkylation sites (N-methyl/N-ethyl adjacent to an activating group) is 1. The molecule has 1 amide bonds. The minimum atomic E-state index is -0.134. The second kappa shape index (κ2) is 6.24. The highest BCUT2D eigenvalue weighted by Gasteiger charge is 2.24. The van der Waals surface area contributed by atoms with Gasteiger partial charge in [-0.3, -0.25) is 4.79 Å². The molecule has 0 fully saturated rings. The first-order valence-corrected chi connectivity index (χ1v) is 8.01. The van der Waals surface area contributed by atoms with Gasteiger partial charge in [-0.25, -0.2) is 4.99 Å². The van der Waals surface area contributed by atoms with Gasteiger partial charge in [0.25, 0.3) is 5.91 Å². The first-order valence-electron chi connectivity index (χ1n) is 8.01. The first kappa shape index (κ1) is 15.1. The van der Waals surface area contributed by atoms with Crippen molar-refractivity contribution in [2.75, 3.05) is 11.9 Å². The summed E-state index contributed by atoms with van der Waals surface area (Å²) in [4.78, 5) is 19.5. The van der Waals surface area contributed by atoms with Gasteiger partial charge < -0.3 is 9.32 Å². The van der Waals surface area contributed by atoms with Gasteiger partial charge in [-0.2, -0.15) is 0 Å². The van der Waals surface area contributed by atoms with Gasteiger partial charge in [0.05, 0.1) is 28.9 Å². The van der Waals surface area contributed by atoms with E-state index in [0.717, 1.165) is 22.6 Å². The number of hydrogen-bond donors (Lipinski definition) is 0. The molecule has 0 unspecified atom stereocenters. The largest absolute Gasteiger partial charge is 0.464 e. The van der Waals surface area contributed by atoms with Crippen molar-refractivity contribution >= 4 is 28.6 Å². The monoisotopic (exact) mass is 328 g/mol. The fourth-order valence-corrected chi connectivity index (χ4v) is 2.86. The second-order valence-electron chi connectivity index (χ2n) is 5.75. The maximum atomic E-state index is 13.1. The van der Waals surface area contributed by atoms with Crippen LogP contribution in [0.5, 0.6) is 0 Å². The van der Waals surface area contributed by atoms with Crippen LogP contribution in [0.2, 0.25) is 0 Å². The fourth-order valence-electron chi connectivity index (χ4n) is 2.86. The molecule has 4 rings (SSSR count). The van der Waals surface area contributed by atoms with Crippen LogP contribution in [0.4, 0.5) is 11.4 Å². The Labute approximate surface area is 145 Å². The van der Waals surface area contributed by atoms with Crippen LogP contribution in [0.3, 0.4) is 0 Å². The number of carbonyl (C=O) groups is 1. The zero-order chi connectivity index (χ0) is 17.2. The number of fused-ring (bicyclic) bond motifs is 1. The number of para-hydroxylation sites is 2. The third kappa shape index (κ3) is 2.78. The second-order valence-corrected chi connectivity index (χ2v) is 5.75. The molecule has 0 bridgehead atoms. The third-order valence-corrected chi connectivity index (χ3v) is 4.16. The van der Waals surface area contributed by atoms with Crippen LogP contribution in [0, 0.1) is 0 Å². The van der Waals surface area contributed by atoms with Crippen molar-refractivity contribution < 1.29 is 9.21 Å². The molecule has 4 nitrogen and oxygen atoms in total. The molecule has 2 aromatic carbocycles. The average Bonchev–Trinajstić information content (AvgIpc) is 3.18. The molecule has 0 N–H and O–H groups in total. The summed E-state index contributed by atoms with van der Waals surface area (Å²) >= 11 is 0. The summed E-state index contributed by atoms with van der Waals surface area (Å²) < 4.78 is 5.49. The number of rotatable bonds is 2. The van der Waals surface area contributed by atoms with Crippen LogP contribution >= 0.6 is 0 Å². The molecular weight excluding hydrogens is 312 g/mol. The summed E-state index contributed by atoms with van der Waals surface area (Å²) in [6.07, 6.45) is 3.36. The van der Waals surface area contributed by atoms with Crippen molar-refractivity contribution in [2.45, 2.75) is 0 Å². The maximum Gasteiger partial charge on any atom is 0.261 e. The standard InChI is InChI=1S/C21H16N2O2/c1-23-19-11-6-5-10-17(19)22-18(15-8-3-2-4-9-15)14-16(21(23)24)20-12-7-13-25-20/h2-14H,1H3/b16-14-,22-18?. The normalized spacial score (nSPS) is 16.4. The fraction of sp³-hybridized carbons (Fsp3) is 0.0476. The van der Waals surface area contributed by atoms with E-state index in [2.05, 4.69) is 0 Å². The Bertz CT molecular complexity index is 970. The number of furan rings is 1. The summed E-state index contributed by atoms with van der Waals surface area (Å²) in [5.74, 6) is 0.394. The molecule has 0 saturated carbocycles. The number of amides is 1. The minimum absolute atomic E-state index is 0.134. The van der Waals surface area contributed by atoms with Gasteiger partial charge in [-0.15, -0.1) is 0 Å². The Kier molecular flexibility index (Phi) is 3.78. The number of anilines is 1. The number of hydrogen-bond acceptors (Lipinski definition) is 3. The van der Waals surface area contributed by atoms with Gasteiger partial charge in [0.1, 0.15) is 5.76 Å². The number of benzene rings is 2. The van der Waals surface area contributed by atoms with Crippen LogP contribution < -0.4 is 4.90 Å². The molecule has 3 aromatic rings. The Hall–Kier alpha value is -3.40. The number of carbonyl (C=O) groups excluding carboxylic acids is 1. The van der Waals surface area contributed by atoms with E-state index in [1.165, 1.54) is 0 Å². The van der Waals surface area contributed by atoms with Gasteiger partial charge in [-0.1, -0.05) is 42.5 Å². The van der Waals surface area contributed by atoms with E-state index in [1.807, 2.05) is 54.6 Å². The Balaban J connectivity index is 1.98. The lowest BCUT2D eigenvalue weighted by molar-refractivity contribution is -0.113. The van der Waals surface area contributed by atoms with E-state index in [4.69, 9.17) is 9.41 Å². The number of allylic oxidation sites excluding steroid dienone is 1. The van der Waals surface area contributed by atoms with E-state index in [9.17, 15) is 4.79 Å². The summed E-state index contributed by atoms with van der Waals surface area (Å²) in [6.45, 7) is 0. The van der Waals surface area contributed by atoms with E-state index >= 15 is 0 Å². The first-order chi connectivity index (χ1) is 12.2. The van der Waals surface area contributed by atoms with Crippen LogP contribution in [0.25, 0.3) is 5.57 Å². The van der Waals surface area contributed by atoms with Crippen LogP contribution in [-0.2, 0) is 4.79 Å². The zero-order valence-corrected chi connectivity index (χ0v) is 13.7. The molecule has 0 aliphatic carbocycles. The predicted molar refractivity (Wildman–Crippen MR) is 99.2 cm³/mol. The lowest BCUT2D eigenvalue weighted by Gasteiger charge is -2.22. The van der Waals surface area contributed by atoms with Gasteiger partial charge in [0, 0.05) is 12.6 Å². The molecule has 0 atom stereocenters. The Morgan fingerprint density at radius 1 is 0.920 bits per heavy atom. The molecule has 1 aliphatic rings. The van der Waals surface area contributed by atoms with E-state index < -0.39 is 0 Å². The summed E-state index contributed by atoms with van der Waals surface area (Å²) in [7, 11) is 1.75. The maximum absolute atomic E-state index is 13.1. The third-order valence-electron chi connectivity index (χ3n) is 4.16. The van der Waals surface area contributed by atoms with Gasteiger partial charge in [0.2, 0.25) is 0 Å². The summed E-state index contributed by atoms with van der Waals surface area (Å²) in [6, 6.07) is 21.0. The van der Waals surface area contributed by atoms with Crippen molar-refractivity contribution in [3.05, 3.63) is 90.4 Å².